The molecule has 3 rings (SSSR count). The third kappa shape index (κ3) is 5.05. The van der Waals surface area contributed by atoms with Gasteiger partial charge >= 0.3 is 0 Å². The van der Waals surface area contributed by atoms with E-state index in [2.05, 4.69) is 9.89 Å². The van der Waals surface area contributed by atoms with Gasteiger partial charge in [-0.1, -0.05) is 0 Å². The third-order valence-electron chi connectivity index (χ3n) is 5.27. The molecule has 1 aliphatic heterocycles. The molecule has 1 aromatic heterocycles. The highest BCUT2D eigenvalue weighted by Gasteiger charge is 2.19. The van der Waals surface area contributed by atoms with Crippen molar-refractivity contribution in [2.24, 2.45) is 4.99 Å². The maximum atomic E-state index is 12.8. The van der Waals surface area contributed by atoms with Crippen LogP contribution in [-0.2, 0) is 11.3 Å². The monoisotopic (exact) mass is 426 g/mol. The third-order valence-corrected chi connectivity index (χ3v) is 5.27. The number of hydrogen-bond acceptors (Lipinski definition) is 8. The highest BCUT2D eigenvalue weighted by atomic mass is 16.5. The molecule has 9 heteroatoms. The molecule has 0 amide bonds. The number of pyridine rings is 1. The second-order valence-corrected chi connectivity index (χ2v) is 7.09. The molecule has 0 atom stereocenters. The molecule has 0 unspecified atom stereocenters. The first-order valence-corrected chi connectivity index (χ1v) is 9.92. The molecule has 0 radical (unpaired) electrons. The lowest BCUT2D eigenvalue weighted by molar-refractivity contribution is 0.0360. The Balaban J connectivity index is 1.97. The van der Waals surface area contributed by atoms with E-state index < -0.39 is 5.56 Å². The molecule has 2 aromatic rings. The molecule has 0 bridgehead atoms. The van der Waals surface area contributed by atoms with Gasteiger partial charge in [0.1, 0.15) is 23.1 Å². The molecule has 2 heterocycles. The van der Waals surface area contributed by atoms with Crippen LogP contribution in [0.5, 0.6) is 17.4 Å². The molecule has 31 heavy (non-hydrogen) atoms. The van der Waals surface area contributed by atoms with Crippen LogP contribution < -0.4 is 15.0 Å². The lowest BCUT2D eigenvalue weighted by Gasteiger charge is -2.27. The van der Waals surface area contributed by atoms with E-state index in [1.165, 1.54) is 10.8 Å². The second-order valence-electron chi connectivity index (χ2n) is 7.09. The van der Waals surface area contributed by atoms with Gasteiger partial charge in [0.2, 0.25) is 5.88 Å². The Kier molecular flexibility index (Phi) is 7.28. The van der Waals surface area contributed by atoms with E-state index in [1.54, 1.807) is 39.3 Å². The molecular weight excluding hydrogens is 400 g/mol. The summed E-state index contributed by atoms with van der Waals surface area (Å²) < 4.78 is 17.1. The Hall–Kier alpha value is -3.35. The predicted molar refractivity (Wildman–Crippen MR) is 116 cm³/mol. The van der Waals surface area contributed by atoms with Crippen molar-refractivity contribution in [3.63, 3.8) is 0 Å². The summed E-state index contributed by atoms with van der Waals surface area (Å²) in [5.41, 5.74) is 0.723. The average Bonchev–Trinajstić information content (AvgIpc) is 2.79. The fraction of sp³-hybridized carbons (Fsp3) is 0.409. The maximum Gasteiger partial charge on any atom is 0.271 e. The number of methoxy groups -OCH3 is 2. The minimum atomic E-state index is -0.508. The Morgan fingerprint density at radius 1 is 1.19 bits per heavy atom. The number of morpholine rings is 1. The number of nitrogens with zero attached hydrogens (tertiary/aromatic N) is 4. The number of benzene rings is 1. The number of aromatic hydroxyl groups is 1. The molecule has 1 N–H and O–H groups in total. The molecule has 1 aromatic carbocycles. The van der Waals surface area contributed by atoms with Crippen molar-refractivity contribution in [3.8, 4) is 23.4 Å². The Bertz CT molecular complexity index is 1040. The van der Waals surface area contributed by atoms with Gasteiger partial charge in [0.25, 0.3) is 5.56 Å². The minimum Gasteiger partial charge on any atom is -0.497 e. The summed E-state index contributed by atoms with van der Waals surface area (Å²) in [5.74, 6) is 0.926. The summed E-state index contributed by atoms with van der Waals surface area (Å²) in [6.07, 6.45) is 1.45. The number of aromatic nitrogens is 1. The van der Waals surface area contributed by atoms with E-state index in [4.69, 9.17) is 14.2 Å². The van der Waals surface area contributed by atoms with Gasteiger partial charge in [-0.15, -0.1) is 0 Å². The number of ether oxygens (including phenoxy) is 3. The van der Waals surface area contributed by atoms with Crippen molar-refractivity contribution in [1.29, 1.82) is 5.26 Å². The molecular formula is C22H26N4O5. The van der Waals surface area contributed by atoms with Crippen LogP contribution in [0, 0.1) is 18.3 Å². The van der Waals surface area contributed by atoms with E-state index in [9.17, 15) is 15.2 Å². The van der Waals surface area contributed by atoms with E-state index in [0.29, 0.717) is 48.1 Å². The molecule has 0 saturated carbocycles. The van der Waals surface area contributed by atoms with Gasteiger partial charge in [0.05, 0.1) is 38.7 Å². The van der Waals surface area contributed by atoms with Gasteiger partial charge in [-0.3, -0.25) is 19.3 Å². The highest BCUT2D eigenvalue weighted by Crippen LogP contribution is 2.28. The van der Waals surface area contributed by atoms with Crippen molar-refractivity contribution in [3.05, 3.63) is 45.2 Å². The minimum absolute atomic E-state index is 0.00977. The number of rotatable bonds is 7. The summed E-state index contributed by atoms with van der Waals surface area (Å²) in [5, 5.41) is 20.4. The van der Waals surface area contributed by atoms with E-state index in [0.717, 1.165) is 13.1 Å². The van der Waals surface area contributed by atoms with E-state index in [1.807, 2.05) is 6.07 Å². The predicted octanol–water partition coefficient (Wildman–Crippen LogP) is 1.83. The molecule has 164 valence electrons. The molecule has 0 aliphatic carbocycles. The standard InChI is InChI=1S/C22H26N4O5/c1-15-19(13-23)21(27)26(5-4-25-6-8-31-9-7-25)22(28)20(15)14-24-16-10-17(29-2)12-18(11-16)30-3/h10-12,14,28H,4-9H2,1-3H3. The van der Waals surface area contributed by atoms with Gasteiger partial charge in [0, 0.05) is 50.6 Å². The van der Waals surface area contributed by atoms with E-state index >= 15 is 0 Å². The van der Waals surface area contributed by atoms with Gasteiger partial charge < -0.3 is 19.3 Å². The zero-order chi connectivity index (χ0) is 22.4. The largest absolute Gasteiger partial charge is 0.497 e. The Labute approximate surface area is 180 Å². The number of nitriles is 1. The van der Waals surface area contributed by atoms with E-state index in [-0.39, 0.29) is 18.0 Å². The summed E-state index contributed by atoms with van der Waals surface area (Å²) in [7, 11) is 3.09. The summed E-state index contributed by atoms with van der Waals surface area (Å²) in [4.78, 5) is 19.3. The average molecular weight is 426 g/mol. The topological polar surface area (TPSA) is 109 Å². The maximum absolute atomic E-state index is 12.8. The van der Waals surface area contributed by atoms with Crippen molar-refractivity contribution < 1.29 is 19.3 Å². The molecule has 9 nitrogen and oxygen atoms in total. The van der Waals surface area contributed by atoms with Crippen molar-refractivity contribution in [2.75, 3.05) is 47.1 Å². The van der Waals surface area contributed by atoms with Crippen LogP contribution in [0.15, 0.2) is 28.0 Å². The van der Waals surface area contributed by atoms with Crippen molar-refractivity contribution in [2.45, 2.75) is 13.5 Å². The quantitative estimate of drug-likeness (QED) is 0.673. The number of aliphatic imine (C=N–C) groups is 1. The van der Waals surface area contributed by atoms with Gasteiger partial charge in [-0.25, -0.2) is 0 Å². The normalized spacial score (nSPS) is 14.5. The first kappa shape index (κ1) is 22.3. The summed E-state index contributed by atoms with van der Waals surface area (Å²) in [6.45, 7) is 5.25. The van der Waals surface area contributed by atoms with Crippen LogP contribution in [0.25, 0.3) is 0 Å². The molecule has 0 spiro atoms. The van der Waals surface area contributed by atoms with Crippen LogP contribution in [0.2, 0.25) is 0 Å². The smallest absolute Gasteiger partial charge is 0.271 e. The van der Waals surface area contributed by atoms with Gasteiger partial charge in [0.15, 0.2) is 0 Å². The van der Waals surface area contributed by atoms with Gasteiger partial charge in [-0.05, 0) is 12.5 Å². The first-order valence-electron chi connectivity index (χ1n) is 9.92. The summed E-state index contributed by atoms with van der Waals surface area (Å²) in [6, 6.07) is 7.11. The lowest BCUT2D eigenvalue weighted by atomic mass is 10.1. The zero-order valence-corrected chi connectivity index (χ0v) is 17.9. The van der Waals surface area contributed by atoms with Crippen LogP contribution in [0.1, 0.15) is 16.7 Å². The number of hydrogen-bond donors (Lipinski definition) is 1. The SMILES string of the molecule is COc1cc(N=Cc2c(C)c(C#N)c(=O)n(CCN3CCOCC3)c2O)cc(OC)c1. The van der Waals surface area contributed by atoms with Crippen LogP contribution >= 0.6 is 0 Å². The fourth-order valence-corrected chi connectivity index (χ4v) is 3.41. The summed E-state index contributed by atoms with van der Waals surface area (Å²) >= 11 is 0. The molecule has 1 aliphatic rings. The highest BCUT2D eigenvalue weighted by molar-refractivity contribution is 5.87. The van der Waals surface area contributed by atoms with Crippen molar-refractivity contribution >= 4 is 11.9 Å². The zero-order valence-electron chi connectivity index (χ0n) is 17.9. The Morgan fingerprint density at radius 3 is 2.42 bits per heavy atom. The second kappa shape index (κ2) is 10.1. The fourth-order valence-electron chi connectivity index (χ4n) is 3.41. The van der Waals surface area contributed by atoms with Crippen LogP contribution in [-0.4, -0.2) is 67.9 Å². The molecule has 1 saturated heterocycles. The Morgan fingerprint density at radius 2 is 1.84 bits per heavy atom. The van der Waals surface area contributed by atoms with Crippen LogP contribution in [0.3, 0.4) is 0 Å². The van der Waals surface area contributed by atoms with Crippen LogP contribution in [0.4, 0.5) is 5.69 Å². The first-order chi connectivity index (χ1) is 15.0. The molecule has 1 fully saturated rings. The van der Waals surface area contributed by atoms with Crippen molar-refractivity contribution in [1.82, 2.24) is 9.47 Å². The van der Waals surface area contributed by atoms with Gasteiger partial charge in [-0.2, -0.15) is 5.26 Å². The lowest BCUT2D eigenvalue weighted by Crippen LogP contribution is -2.39.